The van der Waals surface area contributed by atoms with Crippen LogP contribution in [0.1, 0.15) is 18.9 Å². The van der Waals surface area contributed by atoms with E-state index in [1.54, 1.807) is 13.0 Å². The van der Waals surface area contributed by atoms with E-state index < -0.39 is 15.7 Å². The van der Waals surface area contributed by atoms with Crippen LogP contribution in [0.5, 0.6) is 0 Å². The van der Waals surface area contributed by atoms with Crippen LogP contribution in [0, 0.1) is 5.82 Å². The molecule has 0 heterocycles. The van der Waals surface area contributed by atoms with Crippen molar-refractivity contribution in [2.75, 3.05) is 5.75 Å². The van der Waals surface area contributed by atoms with E-state index in [1.165, 1.54) is 18.2 Å². The molecule has 0 aliphatic carbocycles. The summed E-state index contributed by atoms with van der Waals surface area (Å²) in [5.74, 6) is -0.501. The van der Waals surface area contributed by atoms with Gasteiger partial charge in [0.05, 0.1) is 11.5 Å². The molecule has 0 saturated carbocycles. The lowest BCUT2D eigenvalue weighted by Gasteiger charge is -2.06. The van der Waals surface area contributed by atoms with E-state index in [-0.39, 0.29) is 17.5 Å². The Morgan fingerprint density at radius 2 is 2.12 bits per heavy atom. The van der Waals surface area contributed by atoms with Crippen LogP contribution in [0.15, 0.2) is 24.3 Å². The van der Waals surface area contributed by atoms with Crippen LogP contribution in [-0.4, -0.2) is 20.2 Å². The third kappa shape index (κ3) is 4.72. The fourth-order valence-corrected chi connectivity index (χ4v) is 2.88. The number of hydrogen-bond acceptors (Lipinski definition) is 3. The van der Waals surface area contributed by atoms with Gasteiger partial charge in [-0.2, -0.15) is 0 Å². The largest absolute Gasteiger partial charge is 0.328 e. The minimum Gasteiger partial charge on any atom is -0.328 e. The van der Waals surface area contributed by atoms with Gasteiger partial charge < -0.3 is 5.73 Å². The summed E-state index contributed by atoms with van der Waals surface area (Å²) in [5.41, 5.74) is 5.97. The Hall–Kier alpha value is -0.940. The topological polar surface area (TPSA) is 60.2 Å². The van der Waals surface area contributed by atoms with E-state index in [0.29, 0.717) is 12.0 Å². The van der Waals surface area contributed by atoms with Crippen molar-refractivity contribution < 1.29 is 12.8 Å². The molecule has 1 aromatic rings. The molecule has 2 N–H and O–H groups in total. The van der Waals surface area contributed by atoms with Crippen LogP contribution in [0.3, 0.4) is 0 Å². The maximum Gasteiger partial charge on any atom is 0.154 e. The summed E-state index contributed by atoms with van der Waals surface area (Å²) in [4.78, 5) is 0. The molecule has 5 heteroatoms. The van der Waals surface area contributed by atoms with Crippen LogP contribution in [-0.2, 0) is 15.6 Å². The Morgan fingerprint density at radius 1 is 1.44 bits per heavy atom. The summed E-state index contributed by atoms with van der Waals surface area (Å²) in [6.07, 6.45) is 0.428. The summed E-state index contributed by atoms with van der Waals surface area (Å²) in [7, 11) is -3.19. The van der Waals surface area contributed by atoms with Crippen LogP contribution in [0.2, 0.25) is 0 Å². The van der Waals surface area contributed by atoms with Crippen molar-refractivity contribution in [3.8, 4) is 0 Å². The molecular formula is C11H16FNO2S. The molecule has 1 rings (SSSR count). The van der Waals surface area contributed by atoms with Gasteiger partial charge in [0.2, 0.25) is 0 Å². The van der Waals surface area contributed by atoms with Crippen molar-refractivity contribution in [1.29, 1.82) is 0 Å². The first-order valence-electron chi connectivity index (χ1n) is 5.09. The average molecular weight is 245 g/mol. The second-order valence-corrected chi connectivity index (χ2v) is 6.17. The molecule has 1 unspecified atom stereocenters. The molecule has 0 bridgehead atoms. The van der Waals surface area contributed by atoms with Crippen molar-refractivity contribution in [2.24, 2.45) is 5.73 Å². The lowest BCUT2D eigenvalue weighted by Crippen LogP contribution is -2.20. The zero-order valence-corrected chi connectivity index (χ0v) is 10.0. The number of benzene rings is 1. The summed E-state index contributed by atoms with van der Waals surface area (Å²) < 4.78 is 36.1. The predicted octanol–water partition coefficient (Wildman–Crippen LogP) is 1.48. The van der Waals surface area contributed by atoms with Gasteiger partial charge in [0.25, 0.3) is 0 Å². The molecule has 0 spiro atoms. The van der Waals surface area contributed by atoms with Gasteiger partial charge in [-0.15, -0.1) is 0 Å². The van der Waals surface area contributed by atoms with Crippen LogP contribution in [0.25, 0.3) is 0 Å². The van der Waals surface area contributed by atoms with E-state index in [4.69, 9.17) is 5.73 Å². The Labute approximate surface area is 95.4 Å². The third-order valence-corrected chi connectivity index (χ3v) is 3.79. The average Bonchev–Trinajstić information content (AvgIpc) is 2.14. The smallest absolute Gasteiger partial charge is 0.154 e. The highest BCUT2D eigenvalue weighted by molar-refractivity contribution is 7.90. The van der Waals surface area contributed by atoms with E-state index >= 15 is 0 Å². The van der Waals surface area contributed by atoms with Crippen molar-refractivity contribution in [3.05, 3.63) is 35.6 Å². The molecule has 0 fully saturated rings. The van der Waals surface area contributed by atoms with Crippen molar-refractivity contribution >= 4 is 9.84 Å². The molecule has 0 aromatic heterocycles. The molecular weight excluding hydrogens is 229 g/mol. The molecule has 3 nitrogen and oxygen atoms in total. The maximum absolute atomic E-state index is 12.8. The van der Waals surface area contributed by atoms with Gasteiger partial charge >= 0.3 is 0 Å². The van der Waals surface area contributed by atoms with E-state index in [9.17, 15) is 12.8 Å². The predicted molar refractivity (Wildman–Crippen MR) is 62.2 cm³/mol. The Balaban J connectivity index is 2.66. The Bertz CT molecular complexity index is 443. The van der Waals surface area contributed by atoms with Gasteiger partial charge in [-0.1, -0.05) is 12.1 Å². The molecule has 1 atom stereocenters. The lowest BCUT2D eigenvalue weighted by molar-refractivity contribution is 0.586. The highest BCUT2D eigenvalue weighted by Gasteiger charge is 2.13. The summed E-state index contributed by atoms with van der Waals surface area (Å²) in [5, 5.41) is 0. The first kappa shape index (κ1) is 13.1. The number of rotatable bonds is 5. The first-order chi connectivity index (χ1) is 7.39. The summed E-state index contributed by atoms with van der Waals surface area (Å²) in [6, 6.07) is 5.50. The molecule has 16 heavy (non-hydrogen) atoms. The van der Waals surface area contributed by atoms with Crippen molar-refractivity contribution in [1.82, 2.24) is 0 Å². The van der Waals surface area contributed by atoms with Gasteiger partial charge in [0, 0.05) is 6.04 Å². The molecule has 0 amide bonds. The molecule has 0 aliphatic heterocycles. The fraction of sp³-hybridized carbons (Fsp3) is 0.455. The van der Waals surface area contributed by atoms with Crippen LogP contribution < -0.4 is 5.73 Å². The van der Waals surface area contributed by atoms with Crippen molar-refractivity contribution in [3.63, 3.8) is 0 Å². The number of sulfone groups is 1. The van der Waals surface area contributed by atoms with Gasteiger partial charge in [-0.25, -0.2) is 12.8 Å². The van der Waals surface area contributed by atoms with Crippen molar-refractivity contribution in [2.45, 2.75) is 25.1 Å². The van der Waals surface area contributed by atoms with E-state index in [1.807, 2.05) is 0 Å². The molecule has 1 aromatic carbocycles. The third-order valence-electron chi connectivity index (χ3n) is 2.16. The zero-order valence-electron chi connectivity index (χ0n) is 9.19. The first-order valence-corrected chi connectivity index (χ1v) is 6.91. The van der Waals surface area contributed by atoms with Crippen LogP contribution in [0.4, 0.5) is 4.39 Å². The number of halogens is 1. The monoisotopic (exact) mass is 245 g/mol. The second kappa shape index (κ2) is 5.41. The molecule has 90 valence electrons. The summed E-state index contributed by atoms with van der Waals surface area (Å²) in [6.45, 7) is 1.76. The Kier molecular flexibility index (Phi) is 4.44. The minimum atomic E-state index is -3.19. The Morgan fingerprint density at radius 3 is 2.69 bits per heavy atom. The number of nitrogens with two attached hydrogens (primary N) is 1. The van der Waals surface area contributed by atoms with Gasteiger partial charge in [0.1, 0.15) is 5.82 Å². The van der Waals surface area contributed by atoms with Gasteiger partial charge in [-0.05, 0) is 31.0 Å². The molecule has 0 saturated heterocycles. The highest BCUT2D eigenvalue weighted by Crippen LogP contribution is 2.09. The summed E-state index contributed by atoms with van der Waals surface area (Å²) >= 11 is 0. The standard InChI is InChI=1S/C11H16FNO2S/c1-9(13)5-6-16(14,15)8-10-3-2-4-11(12)7-10/h2-4,7,9H,5-6,8,13H2,1H3. The maximum atomic E-state index is 12.8. The SMILES string of the molecule is CC(N)CCS(=O)(=O)Cc1cccc(F)c1. The normalized spacial score (nSPS) is 13.7. The van der Waals surface area contributed by atoms with Gasteiger partial charge in [-0.3, -0.25) is 0 Å². The lowest BCUT2D eigenvalue weighted by atomic mass is 10.2. The molecule has 0 radical (unpaired) electrons. The minimum absolute atomic E-state index is 0.0428. The number of hydrogen-bond donors (Lipinski definition) is 1. The fourth-order valence-electron chi connectivity index (χ4n) is 1.32. The highest BCUT2D eigenvalue weighted by atomic mass is 32.2. The quantitative estimate of drug-likeness (QED) is 0.854. The van der Waals surface area contributed by atoms with Gasteiger partial charge in [0.15, 0.2) is 9.84 Å². The van der Waals surface area contributed by atoms with E-state index in [0.717, 1.165) is 0 Å². The zero-order chi connectivity index (χ0) is 12.2. The van der Waals surface area contributed by atoms with Crippen LogP contribution >= 0.6 is 0 Å². The second-order valence-electron chi connectivity index (χ2n) is 3.99. The molecule has 0 aliphatic rings. The van der Waals surface area contributed by atoms with E-state index in [2.05, 4.69) is 0 Å².